The summed E-state index contributed by atoms with van der Waals surface area (Å²) < 4.78 is 1.95. The summed E-state index contributed by atoms with van der Waals surface area (Å²) in [5, 5.41) is 5.48. The van der Waals surface area contributed by atoms with Crippen molar-refractivity contribution in [1.29, 1.82) is 0 Å². The van der Waals surface area contributed by atoms with E-state index in [-0.39, 0.29) is 24.6 Å². The van der Waals surface area contributed by atoms with Crippen LogP contribution >= 0.6 is 15.9 Å². The van der Waals surface area contributed by atoms with Crippen LogP contribution in [0.15, 0.2) is 58.3 Å². The van der Waals surface area contributed by atoms with Gasteiger partial charge in [0.05, 0.1) is 35.7 Å². The molecule has 9 heteroatoms. The fourth-order valence-electron chi connectivity index (χ4n) is 2.28. The summed E-state index contributed by atoms with van der Waals surface area (Å²) in [5.41, 5.74) is 0.754. The summed E-state index contributed by atoms with van der Waals surface area (Å²) in [6, 6.07) is 8.53. The number of aromatic nitrogens is 3. The lowest BCUT2D eigenvalue weighted by Crippen LogP contribution is -2.37. The van der Waals surface area contributed by atoms with Gasteiger partial charge in [0.2, 0.25) is 11.8 Å². The number of benzene rings is 1. The Bertz CT molecular complexity index is 1020. The number of carbonyl (C=O) groups excluding carboxylic acids is 2. The van der Waals surface area contributed by atoms with Gasteiger partial charge in [-0.25, -0.2) is 4.98 Å². The number of amides is 2. The second kappa shape index (κ2) is 7.87. The standard InChI is InChI=1S/C17H14BrN5O3/c18-11-3-4-14-13(6-11)17(26)23(10-21-14)9-16(25)20-8-15(24)22-12-2-1-5-19-7-12/h1-7,10H,8-9H2,(H,20,25)(H,22,24). The smallest absolute Gasteiger partial charge is 0.261 e. The van der Waals surface area contributed by atoms with Crippen LogP contribution in [0.3, 0.4) is 0 Å². The summed E-state index contributed by atoms with van der Waals surface area (Å²) in [6.07, 6.45) is 4.40. The second-order valence-electron chi connectivity index (χ2n) is 5.41. The molecule has 0 spiro atoms. The van der Waals surface area contributed by atoms with Crippen molar-refractivity contribution in [2.75, 3.05) is 11.9 Å². The number of hydrogen-bond acceptors (Lipinski definition) is 5. The van der Waals surface area contributed by atoms with E-state index in [1.54, 1.807) is 36.5 Å². The van der Waals surface area contributed by atoms with Crippen molar-refractivity contribution in [2.45, 2.75) is 6.54 Å². The predicted octanol–water partition coefficient (Wildman–Crippen LogP) is 1.31. The summed E-state index contributed by atoms with van der Waals surface area (Å²) in [7, 11) is 0. The molecule has 3 aromatic rings. The molecule has 0 unspecified atom stereocenters. The van der Waals surface area contributed by atoms with Crippen LogP contribution in [0.25, 0.3) is 10.9 Å². The third kappa shape index (κ3) is 4.31. The molecular formula is C17H14BrN5O3. The molecule has 0 aliphatic rings. The zero-order chi connectivity index (χ0) is 18.5. The highest BCUT2D eigenvalue weighted by Crippen LogP contribution is 2.14. The van der Waals surface area contributed by atoms with Crippen molar-refractivity contribution < 1.29 is 9.59 Å². The molecule has 2 N–H and O–H groups in total. The topological polar surface area (TPSA) is 106 Å². The quantitative estimate of drug-likeness (QED) is 0.653. The van der Waals surface area contributed by atoms with Crippen molar-refractivity contribution in [3.05, 3.63) is 63.9 Å². The summed E-state index contributed by atoms with van der Waals surface area (Å²) in [6.45, 7) is -0.441. The Labute approximate surface area is 156 Å². The van der Waals surface area contributed by atoms with E-state index in [4.69, 9.17) is 0 Å². The first-order valence-electron chi connectivity index (χ1n) is 7.64. The minimum Gasteiger partial charge on any atom is -0.345 e. The number of nitrogens with one attached hydrogen (secondary N) is 2. The Morgan fingerprint density at radius 1 is 1.19 bits per heavy atom. The van der Waals surface area contributed by atoms with Gasteiger partial charge in [0.1, 0.15) is 6.54 Å². The number of halogens is 1. The predicted molar refractivity (Wildman–Crippen MR) is 99.6 cm³/mol. The highest BCUT2D eigenvalue weighted by molar-refractivity contribution is 9.10. The Hall–Kier alpha value is -3.07. The molecular weight excluding hydrogens is 402 g/mol. The van der Waals surface area contributed by atoms with Gasteiger partial charge in [0.15, 0.2) is 0 Å². The Balaban J connectivity index is 1.61. The van der Waals surface area contributed by atoms with Crippen molar-refractivity contribution in [2.24, 2.45) is 0 Å². The van der Waals surface area contributed by atoms with Gasteiger partial charge in [0.25, 0.3) is 5.56 Å². The lowest BCUT2D eigenvalue weighted by atomic mass is 10.2. The van der Waals surface area contributed by atoms with Gasteiger partial charge >= 0.3 is 0 Å². The first-order chi connectivity index (χ1) is 12.5. The molecule has 8 nitrogen and oxygen atoms in total. The van der Waals surface area contributed by atoms with Crippen molar-refractivity contribution in [1.82, 2.24) is 19.9 Å². The SMILES string of the molecule is O=C(Cn1cnc2ccc(Br)cc2c1=O)NCC(=O)Nc1cccnc1. The maximum atomic E-state index is 12.4. The first-order valence-corrected chi connectivity index (χ1v) is 8.43. The minimum absolute atomic E-state index is 0.213. The van der Waals surface area contributed by atoms with Crippen LogP contribution in [-0.4, -0.2) is 32.9 Å². The van der Waals surface area contributed by atoms with E-state index >= 15 is 0 Å². The number of nitrogens with zero attached hydrogens (tertiary/aromatic N) is 3. The van der Waals surface area contributed by atoms with Crippen LogP contribution in [0, 0.1) is 0 Å². The van der Waals surface area contributed by atoms with Crippen LogP contribution in [-0.2, 0) is 16.1 Å². The largest absolute Gasteiger partial charge is 0.345 e. The molecule has 0 aliphatic carbocycles. The van der Waals surface area contributed by atoms with Crippen LogP contribution in [0.2, 0.25) is 0 Å². The molecule has 0 atom stereocenters. The monoisotopic (exact) mass is 415 g/mol. The number of pyridine rings is 1. The molecule has 2 amide bonds. The highest BCUT2D eigenvalue weighted by atomic mass is 79.9. The molecule has 132 valence electrons. The Kier molecular flexibility index (Phi) is 5.37. The molecule has 3 rings (SSSR count). The van der Waals surface area contributed by atoms with Gasteiger partial charge in [-0.2, -0.15) is 0 Å². The number of fused-ring (bicyclic) bond motifs is 1. The summed E-state index contributed by atoms with van der Waals surface area (Å²) in [5.74, 6) is -0.858. The zero-order valence-corrected chi connectivity index (χ0v) is 15.1. The molecule has 0 radical (unpaired) electrons. The zero-order valence-electron chi connectivity index (χ0n) is 13.5. The third-order valence-electron chi connectivity index (χ3n) is 3.49. The molecule has 2 aromatic heterocycles. The Morgan fingerprint density at radius 3 is 2.81 bits per heavy atom. The van der Waals surface area contributed by atoms with E-state index in [2.05, 4.69) is 36.5 Å². The van der Waals surface area contributed by atoms with E-state index in [0.29, 0.717) is 16.6 Å². The maximum absolute atomic E-state index is 12.4. The van der Waals surface area contributed by atoms with Gasteiger partial charge in [-0.1, -0.05) is 15.9 Å². The van der Waals surface area contributed by atoms with Gasteiger partial charge in [-0.3, -0.25) is 23.9 Å². The van der Waals surface area contributed by atoms with Crippen molar-refractivity contribution in [3.63, 3.8) is 0 Å². The molecule has 0 aliphatic heterocycles. The van der Waals surface area contributed by atoms with E-state index < -0.39 is 5.91 Å². The van der Waals surface area contributed by atoms with Gasteiger partial charge in [-0.15, -0.1) is 0 Å². The number of carbonyl (C=O) groups is 2. The molecule has 26 heavy (non-hydrogen) atoms. The average molecular weight is 416 g/mol. The van der Waals surface area contributed by atoms with Gasteiger partial charge < -0.3 is 10.6 Å². The van der Waals surface area contributed by atoms with E-state index in [0.717, 1.165) is 4.47 Å². The molecule has 0 saturated heterocycles. The summed E-state index contributed by atoms with van der Waals surface area (Å²) in [4.78, 5) is 44.3. The van der Waals surface area contributed by atoms with Gasteiger partial charge in [-0.05, 0) is 30.3 Å². The highest BCUT2D eigenvalue weighted by Gasteiger charge is 2.10. The average Bonchev–Trinajstić information content (AvgIpc) is 2.64. The third-order valence-corrected chi connectivity index (χ3v) is 3.98. The van der Waals surface area contributed by atoms with E-state index in [9.17, 15) is 14.4 Å². The number of anilines is 1. The molecule has 0 saturated carbocycles. The van der Waals surface area contributed by atoms with E-state index in [1.165, 1.54) is 17.1 Å². The molecule has 0 fully saturated rings. The molecule has 1 aromatic carbocycles. The van der Waals surface area contributed by atoms with Crippen molar-refractivity contribution >= 4 is 44.3 Å². The van der Waals surface area contributed by atoms with Crippen LogP contribution < -0.4 is 16.2 Å². The first kappa shape index (κ1) is 17.7. The normalized spacial score (nSPS) is 10.5. The Morgan fingerprint density at radius 2 is 2.04 bits per heavy atom. The fraction of sp³-hybridized carbons (Fsp3) is 0.118. The van der Waals surface area contributed by atoms with Crippen LogP contribution in [0.1, 0.15) is 0 Å². The number of rotatable bonds is 5. The molecule has 0 bridgehead atoms. The lowest BCUT2D eigenvalue weighted by molar-refractivity contribution is -0.124. The number of hydrogen-bond donors (Lipinski definition) is 2. The molecule has 2 heterocycles. The van der Waals surface area contributed by atoms with E-state index in [1.807, 2.05) is 0 Å². The fourth-order valence-corrected chi connectivity index (χ4v) is 2.64. The lowest BCUT2D eigenvalue weighted by Gasteiger charge is -2.08. The van der Waals surface area contributed by atoms with Crippen LogP contribution in [0.4, 0.5) is 5.69 Å². The van der Waals surface area contributed by atoms with Gasteiger partial charge in [0, 0.05) is 10.7 Å². The summed E-state index contributed by atoms with van der Waals surface area (Å²) >= 11 is 3.31. The van der Waals surface area contributed by atoms with Crippen LogP contribution in [0.5, 0.6) is 0 Å². The second-order valence-corrected chi connectivity index (χ2v) is 6.32. The minimum atomic E-state index is -0.468. The van der Waals surface area contributed by atoms with Crippen molar-refractivity contribution in [3.8, 4) is 0 Å². The maximum Gasteiger partial charge on any atom is 0.261 e.